The van der Waals surface area contributed by atoms with Crippen molar-refractivity contribution < 1.29 is 14.3 Å². The molecule has 0 aliphatic carbocycles. The van der Waals surface area contributed by atoms with E-state index in [1.807, 2.05) is 47.4 Å². The average Bonchev–Trinajstić information content (AvgIpc) is 2.78. The van der Waals surface area contributed by atoms with Gasteiger partial charge in [0.1, 0.15) is 6.17 Å². The number of benzene rings is 2. The molecule has 1 atom stereocenters. The Bertz CT molecular complexity index is 837. The van der Waals surface area contributed by atoms with Crippen molar-refractivity contribution >= 4 is 11.6 Å². The second-order valence-electron chi connectivity index (χ2n) is 7.76. The molecule has 0 radical (unpaired) electrons. The number of carbonyl (C=O) groups excluding carboxylic acids is 1. The first-order valence-electron chi connectivity index (χ1n) is 11.2. The minimum atomic E-state index is -0.232. The third-order valence-corrected chi connectivity index (χ3v) is 5.50. The summed E-state index contributed by atoms with van der Waals surface area (Å²) in [7, 11) is 1.66. The Morgan fingerprint density at radius 3 is 2.53 bits per heavy atom. The number of amides is 1. The van der Waals surface area contributed by atoms with Gasteiger partial charge in [-0.2, -0.15) is 0 Å². The highest BCUT2D eigenvalue weighted by Gasteiger charge is 2.32. The summed E-state index contributed by atoms with van der Waals surface area (Å²) in [6.07, 6.45) is 6.67. The molecule has 1 aliphatic rings. The molecule has 0 aromatic heterocycles. The number of para-hydroxylation sites is 1. The van der Waals surface area contributed by atoms with Crippen LogP contribution in [0.5, 0.6) is 11.5 Å². The Morgan fingerprint density at radius 2 is 1.77 bits per heavy atom. The Kier molecular flexibility index (Phi) is 8.00. The lowest BCUT2D eigenvalue weighted by atomic mass is 10.0. The molecule has 30 heavy (non-hydrogen) atoms. The van der Waals surface area contributed by atoms with Crippen molar-refractivity contribution in [3.8, 4) is 11.5 Å². The Labute approximate surface area is 180 Å². The zero-order valence-corrected chi connectivity index (χ0v) is 18.4. The predicted molar refractivity (Wildman–Crippen MR) is 121 cm³/mol. The molecule has 1 unspecified atom stereocenters. The molecule has 5 nitrogen and oxygen atoms in total. The van der Waals surface area contributed by atoms with Crippen molar-refractivity contribution in [2.45, 2.75) is 58.5 Å². The van der Waals surface area contributed by atoms with Gasteiger partial charge in [0.2, 0.25) is 0 Å². The molecule has 3 rings (SSSR count). The monoisotopic (exact) mass is 410 g/mol. The summed E-state index contributed by atoms with van der Waals surface area (Å²) in [5.74, 6) is 1.51. The number of nitrogens with one attached hydrogen (secondary N) is 1. The van der Waals surface area contributed by atoms with Crippen LogP contribution in [0.3, 0.4) is 0 Å². The maximum absolute atomic E-state index is 13.1. The molecule has 1 N–H and O–H groups in total. The molecule has 5 heteroatoms. The smallest absolute Gasteiger partial charge is 0.257 e. The average molecular weight is 411 g/mol. The number of hydrogen-bond donors (Lipinski definition) is 1. The second-order valence-corrected chi connectivity index (χ2v) is 7.76. The van der Waals surface area contributed by atoms with Gasteiger partial charge in [-0.3, -0.25) is 4.79 Å². The summed E-state index contributed by atoms with van der Waals surface area (Å²) in [5, 5.41) is 3.53. The molecule has 0 fully saturated rings. The normalized spacial score (nSPS) is 15.5. The highest BCUT2D eigenvalue weighted by molar-refractivity contribution is 6.01. The maximum Gasteiger partial charge on any atom is 0.257 e. The number of fused-ring (bicyclic) bond motifs is 1. The molecule has 1 aliphatic heterocycles. The van der Waals surface area contributed by atoms with Gasteiger partial charge in [0.05, 0.1) is 19.3 Å². The van der Waals surface area contributed by atoms with E-state index in [1.165, 1.54) is 25.7 Å². The number of anilines is 1. The van der Waals surface area contributed by atoms with E-state index < -0.39 is 0 Å². The predicted octanol–water partition coefficient (Wildman–Crippen LogP) is 6.02. The maximum atomic E-state index is 13.1. The third kappa shape index (κ3) is 5.07. The minimum absolute atomic E-state index is 0.0579. The van der Waals surface area contributed by atoms with Gasteiger partial charge in [0.25, 0.3) is 5.91 Å². The van der Waals surface area contributed by atoms with Crippen LogP contribution < -0.4 is 14.8 Å². The van der Waals surface area contributed by atoms with E-state index in [0.717, 1.165) is 35.4 Å². The van der Waals surface area contributed by atoms with E-state index in [2.05, 4.69) is 19.2 Å². The van der Waals surface area contributed by atoms with Crippen LogP contribution in [0, 0.1) is 0 Å². The molecule has 0 saturated carbocycles. The number of rotatable bonds is 11. The standard InChI is InChI=1S/C25H34N2O3/c1-4-6-7-8-11-17-30-22-15-14-19(18-23(22)29-3)24-26-21-13-10-9-12-20(21)25(28)27(24)16-5-2/h9-10,12-15,18,24,26H,4-8,11,16-17H2,1-3H3. The van der Waals surface area contributed by atoms with Crippen LogP contribution >= 0.6 is 0 Å². The number of nitrogens with zero attached hydrogens (tertiary/aromatic N) is 1. The summed E-state index contributed by atoms with van der Waals surface area (Å²) in [6, 6.07) is 13.6. The summed E-state index contributed by atoms with van der Waals surface area (Å²) in [4.78, 5) is 15.0. The van der Waals surface area contributed by atoms with Crippen molar-refractivity contribution in [2.75, 3.05) is 25.6 Å². The van der Waals surface area contributed by atoms with Gasteiger partial charge >= 0.3 is 0 Å². The van der Waals surface area contributed by atoms with Crippen LogP contribution in [0.1, 0.15) is 74.5 Å². The van der Waals surface area contributed by atoms with Crippen molar-refractivity contribution in [1.82, 2.24) is 4.90 Å². The molecule has 0 saturated heterocycles. The molecule has 162 valence electrons. The van der Waals surface area contributed by atoms with Gasteiger partial charge in [0, 0.05) is 12.2 Å². The molecular formula is C25H34N2O3. The fraction of sp³-hybridized carbons (Fsp3) is 0.480. The quantitative estimate of drug-likeness (QED) is 0.460. The van der Waals surface area contributed by atoms with Gasteiger partial charge in [-0.1, -0.05) is 57.7 Å². The first kappa shape index (κ1) is 22.0. The molecule has 2 aromatic rings. The van der Waals surface area contributed by atoms with Crippen LogP contribution in [0.15, 0.2) is 42.5 Å². The summed E-state index contributed by atoms with van der Waals surface area (Å²) < 4.78 is 11.6. The molecule has 0 spiro atoms. The van der Waals surface area contributed by atoms with E-state index in [1.54, 1.807) is 7.11 Å². The Balaban J connectivity index is 1.76. The highest BCUT2D eigenvalue weighted by Crippen LogP contribution is 2.37. The molecule has 0 bridgehead atoms. The number of carbonyl (C=O) groups is 1. The van der Waals surface area contributed by atoms with Gasteiger partial charge in [-0.25, -0.2) is 0 Å². The lowest BCUT2D eigenvalue weighted by Crippen LogP contribution is -2.43. The lowest BCUT2D eigenvalue weighted by Gasteiger charge is -2.38. The summed E-state index contributed by atoms with van der Waals surface area (Å²) in [5.41, 5.74) is 2.57. The Hall–Kier alpha value is -2.69. The van der Waals surface area contributed by atoms with Gasteiger partial charge in [-0.05, 0) is 42.7 Å². The Morgan fingerprint density at radius 1 is 0.967 bits per heavy atom. The fourth-order valence-corrected chi connectivity index (χ4v) is 3.89. The number of ether oxygens (including phenoxy) is 2. The topological polar surface area (TPSA) is 50.8 Å². The zero-order valence-electron chi connectivity index (χ0n) is 18.4. The molecular weight excluding hydrogens is 376 g/mol. The molecule has 1 heterocycles. The SMILES string of the molecule is CCCCCCCOc1ccc(C2Nc3ccccc3C(=O)N2CCC)cc1OC. The van der Waals surface area contributed by atoms with Gasteiger partial charge in [0.15, 0.2) is 11.5 Å². The van der Waals surface area contributed by atoms with Crippen LogP contribution in [0.25, 0.3) is 0 Å². The van der Waals surface area contributed by atoms with Gasteiger partial charge in [-0.15, -0.1) is 0 Å². The zero-order chi connectivity index (χ0) is 21.3. The number of methoxy groups -OCH3 is 1. The van der Waals surface area contributed by atoms with E-state index in [0.29, 0.717) is 18.9 Å². The van der Waals surface area contributed by atoms with Crippen molar-refractivity contribution in [3.05, 3.63) is 53.6 Å². The lowest BCUT2D eigenvalue weighted by molar-refractivity contribution is 0.0683. The van der Waals surface area contributed by atoms with E-state index >= 15 is 0 Å². The van der Waals surface area contributed by atoms with Crippen molar-refractivity contribution in [1.29, 1.82) is 0 Å². The van der Waals surface area contributed by atoms with E-state index in [-0.39, 0.29) is 12.1 Å². The summed E-state index contributed by atoms with van der Waals surface area (Å²) >= 11 is 0. The summed E-state index contributed by atoms with van der Waals surface area (Å²) in [6.45, 7) is 5.68. The fourth-order valence-electron chi connectivity index (χ4n) is 3.89. The molecule has 2 aromatic carbocycles. The number of hydrogen-bond acceptors (Lipinski definition) is 4. The highest BCUT2D eigenvalue weighted by atomic mass is 16.5. The minimum Gasteiger partial charge on any atom is -0.493 e. The van der Waals surface area contributed by atoms with E-state index in [9.17, 15) is 4.79 Å². The largest absolute Gasteiger partial charge is 0.493 e. The van der Waals surface area contributed by atoms with Crippen LogP contribution in [0.4, 0.5) is 5.69 Å². The van der Waals surface area contributed by atoms with Crippen LogP contribution in [0.2, 0.25) is 0 Å². The van der Waals surface area contributed by atoms with Gasteiger partial charge < -0.3 is 19.7 Å². The van der Waals surface area contributed by atoms with E-state index in [4.69, 9.17) is 9.47 Å². The van der Waals surface area contributed by atoms with Crippen LogP contribution in [-0.4, -0.2) is 31.1 Å². The first-order valence-corrected chi connectivity index (χ1v) is 11.2. The van der Waals surface area contributed by atoms with Crippen molar-refractivity contribution in [2.24, 2.45) is 0 Å². The number of unbranched alkanes of at least 4 members (excludes halogenated alkanes) is 4. The first-order chi connectivity index (χ1) is 14.7. The van der Waals surface area contributed by atoms with Crippen LogP contribution in [-0.2, 0) is 0 Å². The third-order valence-electron chi connectivity index (χ3n) is 5.50. The second kappa shape index (κ2) is 10.9. The molecule has 1 amide bonds. The van der Waals surface area contributed by atoms with Crippen molar-refractivity contribution in [3.63, 3.8) is 0 Å².